The lowest BCUT2D eigenvalue weighted by atomic mass is 9.69. The molecule has 0 aromatic carbocycles. The zero-order valence-corrected chi connectivity index (χ0v) is 11.0. The lowest BCUT2D eigenvalue weighted by molar-refractivity contribution is 0.120. The van der Waals surface area contributed by atoms with Gasteiger partial charge in [-0.1, -0.05) is 25.5 Å². The van der Waals surface area contributed by atoms with Crippen molar-refractivity contribution < 1.29 is 4.74 Å². The molecule has 16 heavy (non-hydrogen) atoms. The second-order valence-corrected chi connectivity index (χ2v) is 6.03. The molecule has 1 nitrogen and oxygen atoms in total. The van der Waals surface area contributed by atoms with E-state index in [4.69, 9.17) is 4.74 Å². The molecule has 0 amide bonds. The van der Waals surface area contributed by atoms with Crippen LogP contribution in [0, 0.1) is 23.7 Å². The Balaban J connectivity index is 2.01. The zero-order chi connectivity index (χ0) is 11.5. The first-order valence-corrected chi connectivity index (χ1v) is 6.92. The number of hydrogen-bond donors (Lipinski definition) is 0. The molecule has 92 valence electrons. The minimum Gasteiger partial charge on any atom is -0.381 e. The Kier molecular flexibility index (Phi) is 4.07. The summed E-state index contributed by atoms with van der Waals surface area (Å²) in [5.41, 5.74) is 1.60. The highest BCUT2D eigenvalue weighted by Gasteiger charge is 2.34. The lowest BCUT2D eigenvalue weighted by Gasteiger charge is -2.35. The van der Waals surface area contributed by atoms with Crippen LogP contribution in [0.1, 0.15) is 46.5 Å². The number of ether oxygens (including phenoxy) is 1. The van der Waals surface area contributed by atoms with Crippen LogP contribution >= 0.6 is 0 Å². The van der Waals surface area contributed by atoms with Gasteiger partial charge in [-0.2, -0.15) is 0 Å². The average Bonchev–Trinajstić information content (AvgIpc) is 2.74. The minimum atomic E-state index is 0.809. The zero-order valence-electron chi connectivity index (χ0n) is 11.0. The average molecular weight is 222 g/mol. The van der Waals surface area contributed by atoms with Crippen LogP contribution in [-0.4, -0.2) is 13.2 Å². The van der Waals surface area contributed by atoms with Crippen LogP contribution in [0.4, 0.5) is 0 Å². The highest BCUT2D eigenvalue weighted by molar-refractivity contribution is 5.04. The van der Waals surface area contributed by atoms with Crippen LogP contribution in [0.15, 0.2) is 11.6 Å². The van der Waals surface area contributed by atoms with Gasteiger partial charge in [-0.05, 0) is 56.3 Å². The second-order valence-electron chi connectivity index (χ2n) is 6.03. The summed E-state index contributed by atoms with van der Waals surface area (Å²) in [4.78, 5) is 0. The van der Waals surface area contributed by atoms with Crippen molar-refractivity contribution in [3.8, 4) is 0 Å². The van der Waals surface area contributed by atoms with Gasteiger partial charge in [0.05, 0.1) is 0 Å². The van der Waals surface area contributed by atoms with Crippen molar-refractivity contribution in [2.75, 3.05) is 13.2 Å². The van der Waals surface area contributed by atoms with Gasteiger partial charge in [0.15, 0.2) is 0 Å². The summed E-state index contributed by atoms with van der Waals surface area (Å²) in [5.74, 6) is 3.43. The largest absolute Gasteiger partial charge is 0.381 e. The molecular weight excluding hydrogens is 196 g/mol. The van der Waals surface area contributed by atoms with Gasteiger partial charge in [0.1, 0.15) is 0 Å². The second kappa shape index (κ2) is 5.35. The maximum absolute atomic E-state index is 5.58. The van der Waals surface area contributed by atoms with Crippen LogP contribution in [0.3, 0.4) is 0 Å². The van der Waals surface area contributed by atoms with Gasteiger partial charge < -0.3 is 4.74 Å². The molecule has 2 aliphatic rings. The third kappa shape index (κ3) is 2.68. The molecule has 2 rings (SSSR count). The Hall–Kier alpha value is -0.300. The van der Waals surface area contributed by atoms with E-state index in [9.17, 15) is 0 Å². The van der Waals surface area contributed by atoms with E-state index in [1.165, 1.54) is 25.7 Å². The fourth-order valence-corrected chi connectivity index (χ4v) is 3.66. The molecule has 1 fully saturated rings. The Morgan fingerprint density at radius 1 is 1.25 bits per heavy atom. The first-order chi connectivity index (χ1) is 7.68. The molecule has 1 heterocycles. The molecule has 0 aromatic rings. The summed E-state index contributed by atoms with van der Waals surface area (Å²) in [6, 6.07) is 0. The van der Waals surface area contributed by atoms with Crippen LogP contribution in [0.5, 0.6) is 0 Å². The fourth-order valence-electron chi connectivity index (χ4n) is 3.66. The molecule has 0 bridgehead atoms. The molecule has 1 aliphatic heterocycles. The smallest absolute Gasteiger partial charge is 0.0497 e. The van der Waals surface area contributed by atoms with E-state index in [1.807, 2.05) is 0 Å². The third-order valence-corrected chi connectivity index (χ3v) is 4.50. The predicted octanol–water partition coefficient (Wildman–Crippen LogP) is 4.04. The van der Waals surface area contributed by atoms with E-state index in [-0.39, 0.29) is 0 Å². The quantitative estimate of drug-likeness (QED) is 0.655. The number of rotatable bonds is 3. The summed E-state index contributed by atoms with van der Waals surface area (Å²) in [6.07, 6.45) is 7.80. The summed E-state index contributed by atoms with van der Waals surface area (Å²) < 4.78 is 5.58. The highest BCUT2D eigenvalue weighted by Crippen LogP contribution is 2.40. The molecule has 0 saturated carbocycles. The minimum absolute atomic E-state index is 0.809. The molecule has 1 heteroatoms. The maximum atomic E-state index is 5.58. The molecule has 0 N–H and O–H groups in total. The molecule has 3 atom stereocenters. The van der Waals surface area contributed by atoms with Crippen molar-refractivity contribution in [2.24, 2.45) is 23.7 Å². The highest BCUT2D eigenvalue weighted by atomic mass is 16.5. The van der Waals surface area contributed by atoms with E-state index >= 15 is 0 Å². The fraction of sp³-hybridized carbons (Fsp3) is 0.867. The number of hydrogen-bond acceptors (Lipinski definition) is 1. The molecule has 0 radical (unpaired) electrons. The maximum Gasteiger partial charge on any atom is 0.0497 e. The van der Waals surface area contributed by atoms with E-state index in [0.717, 1.165) is 36.9 Å². The molecule has 0 aromatic heterocycles. The van der Waals surface area contributed by atoms with Crippen LogP contribution in [0.25, 0.3) is 0 Å². The molecule has 3 unspecified atom stereocenters. The summed E-state index contributed by atoms with van der Waals surface area (Å²) in [7, 11) is 0. The van der Waals surface area contributed by atoms with Gasteiger partial charge in [0.25, 0.3) is 0 Å². The van der Waals surface area contributed by atoms with Crippen molar-refractivity contribution in [3.63, 3.8) is 0 Å². The van der Waals surface area contributed by atoms with Gasteiger partial charge in [-0.15, -0.1) is 0 Å². The van der Waals surface area contributed by atoms with Crippen molar-refractivity contribution in [1.82, 2.24) is 0 Å². The number of allylic oxidation sites excluding steroid dienone is 2. The molecular formula is C15H26O. The van der Waals surface area contributed by atoms with E-state index in [0.29, 0.717) is 0 Å². The van der Waals surface area contributed by atoms with Gasteiger partial charge >= 0.3 is 0 Å². The SMILES string of the molecule is CC1=CCC(C(C(C)C)C2CCOC2)CC1. The van der Waals surface area contributed by atoms with Crippen LogP contribution in [-0.2, 0) is 4.74 Å². The van der Waals surface area contributed by atoms with Crippen molar-refractivity contribution in [2.45, 2.75) is 46.5 Å². The predicted molar refractivity (Wildman–Crippen MR) is 68.4 cm³/mol. The summed E-state index contributed by atoms with van der Waals surface area (Å²) >= 11 is 0. The van der Waals surface area contributed by atoms with E-state index in [2.05, 4.69) is 26.8 Å². The first kappa shape index (κ1) is 12.2. The van der Waals surface area contributed by atoms with Crippen LogP contribution in [0.2, 0.25) is 0 Å². The summed E-state index contributed by atoms with van der Waals surface area (Å²) in [5, 5.41) is 0. The van der Waals surface area contributed by atoms with Gasteiger partial charge in [-0.25, -0.2) is 0 Å². The van der Waals surface area contributed by atoms with E-state index < -0.39 is 0 Å². The molecule has 1 aliphatic carbocycles. The standard InChI is InChI=1S/C15H26O/c1-11(2)15(14-8-9-16-10-14)13-6-4-12(3)5-7-13/h4,11,13-15H,5-10H2,1-3H3. The van der Waals surface area contributed by atoms with Crippen molar-refractivity contribution in [3.05, 3.63) is 11.6 Å². The lowest BCUT2D eigenvalue weighted by Crippen LogP contribution is -2.29. The topological polar surface area (TPSA) is 9.23 Å². The van der Waals surface area contributed by atoms with E-state index in [1.54, 1.807) is 5.57 Å². The first-order valence-electron chi connectivity index (χ1n) is 6.92. The Morgan fingerprint density at radius 3 is 2.56 bits per heavy atom. The summed E-state index contributed by atoms with van der Waals surface area (Å²) in [6.45, 7) is 9.08. The monoisotopic (exact) mass is 222 g/mol. The molecule has 0 spiro atoms. The molecule has 1 saturated heterocycles. The van der Waals surface area contributed by atoms with Crippen LogP contribution < -0.4 is 0 Å². The Labute approximate surface area is 100 Å². The van der Waals surface area contributed by atoms with Crippen molar-refractivity contribution >= 4 is 0 Å². The van der Waals surface area contributed by atoms with Crippen molar-refractivity contribution in [1.29, 1.82) is 0 Å². The third-order valence-electron chi connectivity index (χ3n) is 4.50. The Morgan fingerprint density at radius 2 is 2.06 bits per heavy atom. The normalized spacial score (nSPS) is 32.9. The van der Waals surface area contributed by atoms with Gasteiger partial charge in [0, 0.05) is 13.2 Å². The Bertz CT molecular complexity index is 248. The van der Waals surface area contributed by atoms with Gasteiger partial charge in [-0.3, -0.25) is 0 Å². The van der Waals surface area contributed by atoms with Gasteiger partial charge in [0.2, 0.25) is 0 Å².